The first-order chi connectivity index (χ1) is 17.2. The van der Waals surface area contributed by atoms with Gasteiger partial charge in [0.05, 0.1) is 21.7 Å². The van der Waals surface area contributed by atoms with Gasteiger partial charge in [-0.25, -0.2) is 8.42 Å². The number of fused-ring (bicyclic) bond motifs is 1. The van der Waals surface area contributed by atoms with E-state index in [0.717, 1.165) is 21.3 Å². The average Bonchev–Trinajstić information content (AvgIpc) is 3.15. The number of carbonyl (C=O) groups is 2. The Bertz CT molecular complexity index is 1620. The highest BCUT2D eigenvalue weighted by molar-refractivity contribution is 7.92. The van der Waals surface area contributed by atoms with E-state index in [4.69, 9.17) is 4.74 Å². The van der Waals surface area contributed by atoms with E-state index in [2.05, 4.69) is 9.71 Å². The smallest absolute Gasteiger partial charge is 0.326 e. The molecule has 0 bridgehead atoms. The van der Waals surface area contributed by atoms with Crippen molar-refractivity contribution in [3.05, 3.63) is 88.2 Å². The fourth-order valence-corrected chi connectivity index (χ4v) is 5.73. The third-order valence-corrected chi connectivity index (χ3v) is 7.76. The van der Waals surface area contributed by atoms with Gasteiger partial charge in [0, 0.05) is 11.3 Å². The first-order valence-corrected chi connectivity index (χ1v) is 13.5. The Hall–Kier alpha value is -3.76. The van der Waals surface area contributed by atoms with E-state index in [9.17, 15) is 18.0 Å². The Labute approximate surface area is 212 Å². The monoisotopic (exact) mass is 523 g/mol. The van der Waals surface area contributed by atoms with Gasteiger partial charge < -0.3 is 9.30 Å². The normalized spacial score (nSPS) is 12.0. The molecule has 4 aromatic rings. The zero-order chi connectivity index (χ0) is 25.9. The Kier molecular flexibility index (Phi) is 7.37. The second-order valence-corrected chi connectivity index (χ2v) is 10.9. The van der Waals surface area contributed by atoms with E-state index in [1.807, 2.05) is 32.0 Å². The number of carbonyl (C=O) groups excluding carboxylic acids is 2. The molecule has 0 saturated heterocycles. The average molecular weight is 524 g/mol. The van der Waals surface area contributed by atoms with E-state index in [1.165, 1.54) is 29.5 Å². The zero-order valence-corrected chi connectivity index (χ0v) is 21.7. The largest absolute Gasteiger partial charge is 0.465 e. The molecule has 4 rings (SSSR count). The van der Waals surface area contributed by atoms with Crippen LogP contribution in [0.25, 0.3) is 10.2 Å². The molecule has 0 atom stereocenters. The van der Waals surface area contributed by atoms with Gasteiger partial charge in [0.15, 0.2) is 4.80 Å². The Morgan fingerprint density at radius 1 is 1.00 bits per heavy atom. The molecule has 0 spiro atoms. The first kappa shape index (κ1) is 25.3. The van der Waals surface area contributed by atoms with Crippen LogP contribution in [0.4, 0.5) is 5.69 Å². The highest BCUT2D eigenvalue weighted by atomic mass is 32.2. The second kappa shape index (κ2) is 10.5. The van der Waals surface area contributed by atoms with Crippen molar-refractivity contribution in [1.29, 1.82) is 0 Å². The van der Waals surface area contributed by atoms with E-state index in [-0.39, 0.29) is 29.3 Å². The van der Waals surface area contributed by atoms with Crippen molar-refractivity contribution in [2.45, 2.75) is 32.2 Å². The number of aryl methyl sites for hydroxylation is 2. The van der Waals surface area contributed by atoms with E-state index >= 15 is 0 Å². The molecule has 3 aromatic carbocycles. The summed E-state index contributed by atoms with van der Waals surface area (Å²) in [7, 11) is -3.82. The number of nitrogens with zero attached hydrogens (tertiary/aromatic N) is 2. The van der Waals surface area contributed by atoms with E-state index in [1.54, 1.807) is 41.8 Å². The summed E-state index contributed by atoms with van der Waals surface area (Å²) in [6, 6.07) is 18.4. The molecule has 0 saturated carbocycles. The van der Waals surface area contributed by atoms with E-state index in [0.29, 0.717) is 4.80 Å². The van der Waals surface area contributed by atoms with Crippen molar-refractivity contribution in [1.82, 2.24) is 4.57 Å². The number of thiazole rings is 1. The highest BCUT2D eigenvalue weighted by Gasteiger charge is 2.16. The second-order valence-electron chi connectivity index (χ2n) is 8.16. The number of sulfonamides is 1. The number of aromatic nitrogens is 1. The van der Waals surface area contributed by atoms with Crippen molar-refractivity contribution >= 4 is 49.1 Å². The van der Waals surface area contributed by atoms with Gasteiger partial charge in [0.2, 0.25) is 0 Å². The molecule has 1 N–H and O–H groups in total. The van der Waals surface area contributed by atoms with Gasteiger partial charge in [0.25, 0.3) is 15.9 Å². The van der Waals surface area contributed by atoms with Crippen LogP contribution in [-0.2, 0) is 26.1 Å². The fraction of sp³-hybridized carbons (Fsp3) is 0.192. The molecule has 0 aliphatic heterocycles. The first-order valence-electron chi connectivity index (χ1n) is 11.2. The minimum Gasteiger partial charge on any atom is -0.465 e. The third-order valence-electron chi connectivity index (χ3n) is 5.32. The van der Waals surface area contributed by atoms with Crippen LogP contribution in [0.3, 0.4) is 0 Å². The minimum atomic E-state index is -3.82. The molecular formula is C26H25N3O5S2. The lowest BCUT2D eigenvalue weighted by atomic mass is 10.2. The lowest BCUT2D eigenvalue weighted by Crippen LogP contribution is -2.23. The maximum Gasteiger partial charge on any atom is 0.326 e. The summed E-state index contributed by atoms with van der Waals surface area (Å²) in [5.41, 5.74) is 3.20. The standard InChI is InChI=1S/C26H25N3O5S2/c1-4-34-24(30)16-29-22-13-10-18(3)14-23(22)35-26(29)27-25(31)19-6-5-7-20(15-19)28-36(32,33)21-11-8-17(2)9-12-21/h5-15,28H,4,16H2,1-3H3. The lowest BCUT2D eigenvalue weighted by molar-refractivity contribution is -0.143. The summed E-state index contributed by atoms with van der Waals surface area (Å²) in [4.78, 5) is 30.0. The van der Waals surface area contributed by atoms with Crippen LogP contribution in [0.15, 0.2) is 76.6 Å². The van der Waals surface area contributed by atoms with Gasteiger partial charge in [-0.05, 0) is 68.8 Å². The quantitative estimate of drug-likeness (QED) is 0.361. The predicted molar refractivity (Wildman–Crippen MR) is 140 cm³/mol. The molecular weight excluding hydrogens is 498 g/mol. The third kappa shape index (κ3) is 5.72. The molecule has 1 heterocycles. The zero-order valence-electron chi connectivity index (χ0n) is 20.0. The number of esters is 1. The summed E-state index contributed by atoms with van der Waals surface area (Å²) < 4.78 is 35.6. The number of hydrogen-bond acceptors (Lipinski definition) is 6. The molecule has 0 radical (unpaired) electrons. The predicted octanol–water partition coefficient (Wildman–Crippen LogP) is 4.42. The summed E-state index contributed by atoms with van der Waals surface area (Å²) in [5, 5.41) is 0. The van der Waals surface area contributed by atoms with Crippen LogP contribution in [0, 0.1) is 13.8 Å². The number of ether oxygens (including phenoxy) is 1. The molecule has 0 fully saturated rings. The Balaban J connectivity index is 1.68. The molecule has 10 heteroatoms. The van der Waals surface area contributed by atoms with Crippen molar-refractivity contribution < 1.29 is 22.7 Å². The highest BCUT2D eigenvalue weighted by Crippen LogP contribution is 2.21. The van der Waals surface area contributed by atoms with Gasteiger partial charge in [-0.3, -0.25) is 14.3 Å². The van der Waals surface area contributed by atoms with Crippen LogP contribution in [-0.4, -0.2) is 31.5 Å². The van der Waals surface area contributed by atoms with Crippen molar-refractivity contribution in [3.63, 3.8) is 0 Å². The van der Waals surface area contributed by atoms with Crippen LogP contribution in [0.2, 0.25) is 0 Å². The molecule has 1 aromatic heterocycles. The van der Waals surface area contributed by atoms with Gasteiger partial charge >= 0.3 is 5.97 Å². The van der Waals surface area contributed by atoms with Crippen LogP contribution >= 0.6 is 11.3 Å². The van der Waals surface area contributed by atoms with E-state index < -0.39 is 21.9 Å². The summed E-state index contributed by atoms with van der Waals surface area (Å²) in [6.45, 7) is 5.72. The molecule has 36 heavy (non-hydrogen) atoms. The van der Waals surface area contributed by atoms with Crippen molar-refractivity contribution in [3.8, 4) is 0 Å². The maximum absolute atomic E-state index is 13.1. The van der Waals surface area contributed by atoms with Gasteiger partial charge in [-0.2, -0.15) is 4.99 Å². The van der Waals surface area contributed by atoms with Gasteiger partial charge in [-0.15, -0.1) is 0 Å². The lowest BCUT2D eigenvalue weighted by Gasteiger charge is -2.09. The number of benzene rings is 3. The summed E-state index contributed by atoms with van der Waals surface area (Å²) >= 11 is 1.29. The number of nitrogens with one attached hydrogen (secondary N) is 1. The molecule has 0 aliphatic rings. The molecule has 1 amide bonds. The van der Waals surface area contributed by atoms with Crippen molar-refractivity contribution in [2.75, 3.05) is 11.3 Å². The van der Waals surface area contributed by atoms with Crippen LogP contribution in [0.5, 0.6) is 0 Å². The van der Waals surface area contributed by atoms with Gasteiger partial charge in [-0.1, -0.05) is 41.2 Å². The topological polar surface area (TPSA) is 107 Å². The number of rotatable bonds is 7. The van der Waals surface area contributed by atoms with Crippen LogP contribution in [0.1, 0.15) is 28.4 Å². The molecule has 0 unspecified atom stereocenters. The van der Waals surface area contributed by atoms with Crippen molar-refractivity contribution in [2.24, 2.45) is 4.99 Å². The number of anilines is 1. The SMILES string of the molecule is CCOC(=O)Cn1c(=NC(=O)c2cccc(NS(=O)(=O)c3ccc(C)cc3)c2)sc2cc(C)ccc21. The molecule has 186 valence electrons. The summed E-state index contributed by atoms with van der Waals surface area (Å²) in [6.07, 6.45) is 0. The fourth-order valence-electron chi connectivity index (χ4n) is 3.55. The molecule has 0 aliphatic carbocycles. The number of hydrogen-bond donors (Lipinski definition) is 1. The summed E-state index contributed by atoms with van der Waals surface area (Å²) in [5.74, 6) is -0.994. The minimum absolute atomic E-state index is 0.0839. The Morgan fingerprint density at radius 2 is 1.72 bits per heavy atom. The Morgan fingerprint density at radius 3 is 2.44 bits per heavy atom. The van der Waals surface area contributed by atoms with Gasteiger partial charge in [0.1, 0.15) is 6.54 Å². The van der Waals surface area contributed by atoms with Crippen LogP contribution < -0.4 is 9.52 Å². The maximum atomic E-state index is 13.1. The number of amides is 1. The molecule has 8 nitrogen and oxygen atoms in total.